The third kappa shape index (κ3) is 2.76. The van der Waals surface area contributed by atoms with Gasteiger partial charge in [0.15, 0.2) is 0 Å². The molecule has 21 heavy (non-hydrogen) atoms. The molecule has 2 N–H and O–H groups in total. The van der Waals surface area contributed by atoms with Crippen molar-refractivity contribution in [3.8, 4) is 0 Å². The lowest BCUT2D eigenvalue weighted by Gasteiger charge is -2.06. The minimum atomic E-state index is -3.52. The van der Waals surface area contributed by atoms with Crippen molar-refractivity contribution in [1.29, 1.82) is 0 Å². The highest BCUT2D eigenvalue weighted by Gasteiger charge is 2.64. The van der Waals surface area contributed by atoms with Gasteiger partial charge in [-0.15, -0.1) is 0 Å². The molecule has 0 radical (unpaired) electrons. The summed E-state index contributed by atoms with van der Waals surface area (Å²) in [7, 11) is -1.72. The third-order valence-corrected chi connectivity index (χ3v) is 6.89. The standard InChI is InChI=1S/C15H26N2O3S/c1-10-12(7-11(20-10)8-16-6)21(18,19)17-9-13-14(2,3)15(13,4)5/h7,13,16-17H,8-9H2,1-6H3. The molecule has 5 nitrogen and oxygen atoms in total. The maximum absolute atomic E-state index is 12.4. The molecule has 1 aromatic heterocycles. The summed E-state index contributed by atoms with van der Waals surface area (Å²) in [5.74, 6) is 1.41. The SMILES string of the molecule is CNCc1cc(S(=O)(=O)NCC2C(C)(C)C2(C)C)c(C)o1. The smallest absolute Gasteiger partial charge is 0.244 e. The van der Waals surface area contributed by atoms with E-state index in [1.165, 1.54) is 0 Å². The van der Waals surface area contributed by atoms with E-state index in [1.807, 2.05) is 0 Å². The van der Waals surface area contributed by atoms with E-state index in [0.29, 0.717) is 30.5 Å². The first-order valence-corrected chi connectivity index (χ1v) is 8.76. The first-order valence-electron chi connectivity index (χ1n) is 7.27. The summed E-state index contributed by atoms with van der Waals surface area (Å²) in [4.78, 5) is 0.240. The Bertz CT molecular complexity index is 615. The fourth-order valence-corrected chi connectivity index (χ4v) is 4.41. The van der Waals surface area contributed by atoms with Crippen LogP contribution in [0.4, 0.5) is 0 Å². The van der Waals surface area contributed by atoms with Gasteiger partial charge in [-0.1, -0.05) is 27.7 Å². The molecule has 1 aliphatic rings. The Morgan fingerprint density at radius 2 is 1.81 bits per heavy atom. The van der Waals surface area contributed by atoms with Gasteiger partial charge in [0.2, 0.25) is 10.0 Å². The van der Waals surface area contributed by atoms with Crippen LogP contribution in [0.25, 0.3) is 0 Å². The van der Waals surface area contributed by atoms with E-state index < -0.39 is 10.0 Å². The van der Waals surface area contributed by atoms with Gasteiger partial charge in [0, 0.05) is 12.6 Å². The summed E-state index contributed by atoms with van der Waals surface area (Å²) in [6.07, 6.45) is 0. The second-order valence-electron chi connectivity index (χ2n) is 7.01. The lowest BCUT2D eigenvalue weighted by molar-refractivity contribution is 0.457. The molecule has 0 bridgehead atoms. The highest BCUT2D eigenvalue weighted by molar-refractivity contribution is 7.89. The summed E-state index contributed by atoms with van der Waals surface area (Å²) in [5.41, 5.74) is 0.330. The summed E-state index contributed by atoms with van der Waals surface area (Å²) < 4.78 is 33.1. The van der Waals surface area contributed by atoms with Crippen molar-refractivity contribution in [1.82, 2.24) is 10.0 Å². The summed E-state index contributed by atoms with van der Waals surface area (Å²) in [6.45, 7) is 11.4. The predicted molar refractivity (Wildman–Crippen MR) is 82.4 cm³/mol. The van der Waals surface area contributed by atoms with E-state index in [2.05, 4.69) is 37.7 Å². The minimum absolute atomic E-state index is 0.165. The van der Waals surface area contributed by atoms with Gasteiger partial charge in [-0.2, -0.15) is 0 Å². The minimum Gasteiger partial charge on any atom is -0.464 e. The second-order valence-corrected chi connectivity index (χ2v) is 8.75. The van der Waals surface area contributed by atoms with E-state index in [1.54, 1.807) is 20.0 Å². The predicted octanol–water partition coefficient (Wildman–Crippen LogP) is 2.27. The van der Waals surface area contributed by atoms with Gasteiger partial charge in [-0.05, 0) is 30.7 Å². The Hall–Kier alpha value is -0.850. The van der Waals surface area contributed by atoms with Crippen molar-refractivity contribution < 1.29 is 12.8 Å². The largest absolute Gasteiger partial charge is 0.464 e. The fraction of sp³-hybridized carbons (Fsp3) is 0.733. The Morgan fingerprint density at radius 1 is 1.24 bits per heavy atom. The van der Waals surface area contributed by atoms with Crippen LogP contribution in [-0.4, -0.2) is 22.0 Å². The van der Waals surface area contributed by atoms with Crippen LogP contribution in [0, 0.1) is 23.7 Å². The van der Waals surface area contributed by atoms with Crippen molar-refractivity contribution in [2.75, 3.05) is 13.6 Å². The van der Waals surface area contributed by atoms with Crippen LogP contribution in [0.1, 0.15) is 39.2 Å². The molecule has 1 saturated carbocycles. The topological polar surface area (TPSA) is 71.3 Å². The number of hydrogen-bond acceptors (Lipinski definition) is 4. The van der Waals surface area contributed by atoms with Crippen molar-refractivity contribution in [3.05, 3.63) is 17.6 Å². The van der Waals surface area contributed by atoms with Crippen LogP contribution in [0.15, 0.2) is 15.4 Å². The number of nitrogens with one attached hydrogen (secondary N) is 2. The average molecular weight is 314 g/mol. The number of aryl methyl sites for hydroxylation is 1. The van der Waals surface area contributed by atoms with Gasteiger partial charge in [0.25, 0.3) is 0 Å². The van der Waals surface area contributed by atoms with Crippen molar-refractivity contribution >= 4 is 10.0 Å². The Morgan fingerprint density at radius 3 is 2.29 bits per heavy atom. The number of furan rings is 1. The first-order chi connectivity index (χ1) is 9.54. The Kier molecular flexibility index (Phi) is 4.02. The highest BCUT2D eigenvalue weighted by Crippen LogP contribution is 2.67. The number of rotatable bonds is 6. The zero-order valence-electron chi connectivity index (χ0n) is 13.7. The molecule has 0 atom stereocenters. The maximum Gasteiger partial charge on any atom is 0.244 e. The molecular formula is C15H26N2O3S. The molecular weight excluding hydrogens is 288 g/mol. The highest BCUT2D eigenvalue weighted by atomic mass is 32.2. The maximum atomic E-state index is 12.4. The quantitative estimate of drug-likeness (QED) is 0.845. The van der Waals surface area contributed by atoms with Gasteiger partial charge >= 0.3 is 0 Å². The molecule has 120 valence electrons. The molecule has 0 aliphatic heterocycles. The Balaban J connectivity index is 2.10. The van der Waals surface area contributed by atoms with E-state index in [-0.39, 0.29) is 15.7 Å². The molecule has 0 aromatic carbocycles. The number of hydrogen-bond donors (Lipinski definition) is 2. The van der Waals surface area contributed by atoms with Crippen LogP contribution in [-0.2, 0) is 16.6 Å². The van der Waals surface area contributed by atoms with Crippen LogP contribution < -0.4 is 10.0 Å². The molecule has 1 fully saturated rings. The normalized spacial score (nSPS) is 20.7. The Labute approximate surface area is 127 Å². The molecule has 0 unspecified atom stereocenters. The van der Waals surface area contributed by atoms with Crippen LogP contribution in [0.3, 0.4) is 0 Å². The molecule has 0 amide bonds. The van der Waals surface area contributed by atoms with Crippen LogP contribution in [0.5, 0.6) is 0 Å². The monoisotopic (exact) mass is 314 g/mol. The van der Waals surface area contributed by atoms with Gasteiger partial charge in [-0.25, -0.2) is 13.1 Å². The van der Waals surface area contributed by atoms with E-state index in [4.69, 9.17) is 4.42 Å². The van der Waals surface area contributed by atoms with E-state index >= 15 is 0 Å². The zero-order valence-corrected chi connectivity index (χ0v) is 14.5. The number of sulfonamides is 1. The summed E-state index contributed by atoms with van der Waals surface area (Å²) in [6, 6.07) is 1.59. The molecule has 0 saturated heterocycles. The molecule has 6 heteroatoms. The van der Waals surface area contributed by atoms with E-state index in [9.17, 15) is 8.42 Å². The summed E-state index contributed by atoms with van der Waals surface area (Å²) >= 11 is 0. The van der Waals surface area contributed by atoms with Gasteiger partial charge in [-0.3, -0.25) is 0 Å². The molecule has 1 aromatic rings. The van der Waals surface area contributed by atoms with Crippen molar-refractivity contribution in [2.45, 2.75) is 46.1 Å². The molecule has 0 spiro atoms. The lowest BCUT2D eigenvalue weighted by atomic mass is 10.0. The summed E-state index contributed by atoms with van der Waals surface area (Å²) in [5, 5.41) is 2.95. The van der Waals surface area contributed by atoms with E-state index in [0.717, 1.165) is 0 Å². The average Bonchev–Trinajstić information content (AvgIpc) is 2.62. The van der Waals surface area contributed by atoms with Crippen molar-refractivity contribution in [2.24, 2.45) is 16.7 Å². The lowest BCUT2D eigenvalue weighted by Crippen LogP contribution is -2.27. The first kappa shape index (κ1) is 16.5. The fourth-order valence-electron chi connectivity index (χ4n) is 3.17. The van der Waals surface area contributed by atoms with Crippen LogP contribution >= 0.6 is 0 Å². The zero-order chi connectivity index (χ0) is 16.1. The van der Waals surface area contributed by atoms with Gasteiger partial charge in [0.05, 0.1) is 6.54 Å². The van der Waals surface area contributed by atoms with Crippen molar-refractivity contribution in [3.63, 3.8) is 0 Å². The molecule has 2 rings (SSSR count). The van der Waals surface area contributed by atoms with Gasteiger partial charge < -0.3 is 9.73 Å². The molecule has 1 aliphatic carbocycles. The third-order valence-electron chi connectivity index (χ3n) is 5.36. The molecule has 1 heterocycles. The van der Waals surface area contributed by atoms with Gasteiger partial charge in [0.1, 0.15) is 16.4 Å². The second kappa shape index (κ2) is 5.11. The van der Waals surface area contributed by atoms with Crippen LogP contribution in [0.2, 0.25) is 0 Å².